The summed E-state index contributed by atoms with van der Waals surface area (Å²) >= 11 is 0. The van der Waals surface area contributed by atoms with Crippen molar-refractivity contribution in [2.75, 3.05) is 0 Å². The maximum absolute atomic E-state index is 10.5. The van der Waals surface area contributed by atoms with Crippen LogP contribution < -0.4 is 4.89 Å². The van der Waals surface area contributed by atoms with E-state index in [0.29, 0.717) is 5.75 Å². The van der Waals surface area contributed by atoms with E-state index < -0.39 is 5.97 Å². The number of hydrogen-bond acceptors (Lipinski definition) is 3. The summed E-state index contributed by atoms with van der Waals surface area (Å²) in [7, 11) is 0. The first-order valence-electron chi connectivity index (χ1n) is 4.59. The quantitative estimate of drug-likeness (QED) is 0.554. The van der Waals surface area contributed by atoms with Crippen molar-refractivity contribution in [3.8, 4) is 5.75 Å². The second kappa shape index (κ2) is 4.00. The van der Waals surface area contributed by atoms with Gasteiger partial charge in [0.2, 0.25) is 0 Å². The van der Waals surface area contributed by atoms with Gasteiger partial charge in [0, 0.05) is 6.92 Å². The van der Waals surface area contributed by atoms with E-state index in [9.17, 15) is 4.79 Å². The van der Waals surface area contributed by atoms with Crippen LogP contribution in [0, 0.1) is 0 Å². The van der Waals surface area contributed by atoms with Crippen molar-refractivity contribution in [3.05, 3.63) is 42.5 Å². The van der Waals surface area contributed by atoms with Crippen molar-refractivity contribution < 1.29 is 14.6 Å². The van der Waals surface area contributed by atoms with Gasteiger partial charge in [-0.15, -0.1) is 0 Å². The standard InChI is InChI=1S/C12H10O3/c1-9(13)14-15-12-7-6-10-4-2-3-5-11(10)8-12/h2-8H,1H3. The Labute approximate surface area is 87.2 Å². The van der Waals surface area contributed by atoms with Gasteiger partial charge in [0.25, 0.3) is 0 Å². The van der Waals surface area contributed by atoms with E-state index in [0.717, 1.165) is 10.8 Å². The van der Waals surface area contributed by atoms with Gasteiger partial charge < -0.3 is 0 Å². The molecule has 0 heterocycles. The smallest absolute Gasteiger partial charge is 0.287 e. The van der Waals surface area contributed by atoms with Crippen LogP contribution in [0.2, 0.25) is 0 Å². The number of carbonyl (C=O) groups excluding carboxylic acids is 1. The highest BCUT2D eigenvalue weighted by Crippen LogP contribution is 2.20. The molecule has 3 nitrogen and oxygen atoms in total. The highest BCUT2D eigenvalue weighted by molar-refractivity contribution is 5.83. The maximum atomic E-state index is 10.5. The zero-order valence-corrected chi connectivity index (χ0v) is 8.27. The SMILES string of the molecule is CC(=O)OOc1ccc2ccccc2c1. The molecule has 0 saturated carbocycles. The van der Waals surface area contributed by atoms with E-state index >= 15 is 0 Å². The van der Waals surface area contributed by atoms with E-state index in [1.807, 2.05) is 36.4 Å². The molecule has 15 heavy (non-hydrogen) atoms. The monoisotopic (exact) mass is 202 g/mol. The molecule has 3 heteroatoms. The summed E-state index contributed by atoms with van der Waals surface area (Å²) in [6.07, 6.45) is 0. The van der Waals surface area contributed by atoms with Crippen molar-refractivity contribution in [3.63, 3.8) is 0 Å². The van der Waals surface area contributed by atoms with Gasteiger partial charge >= 0.3 is 5.97 Å². The van der Waals surface area contributed by atoms with Gasteiger partial charge in [0.1, 0.15) is 0 Å². The van der Waals surface area contributed by atoms with Crippen LogP contribution in [0.4, 0.5) is 0 Å². The molecule has 2 aromatic carbocycles. The van der Waals surface area contributed by atoms with E-state index in [1.54, 1.807) is 6.07 Å². The summed E-state index contributed by atoms with van der Waals surface area (Å²) in [4.78, 5) is 19.8. The molecule has 2 aromatic rings. The minimum absolute atomic E-state index is 0.469. The van der Waals surface area contributed by atoms with Crippen molar-refractivity contribution in [2.45, 2.75) is 6.92 Å². The Bertz CT molecular complexity index is 491. The number of rotatable bonds is 2. The maximum Gasteiger partial charge on any atom is 0.352 e. The first-order valence-corrected chi connectivity index (χ1v) is 4.59. The molecule has 0 spiro atoms. The molecule has 76 valence electrons. The lowest BCUT2D eigenvalue weighted by Crippen LogP contribution is -2.02. The minimum Gasteiger partial charge on any atom is -0.287 e. The fourth-order valence-corrected chi connectivity index (χ4v) is 1.33. The fourth-order valence-electron chi connectivity index (χ4n) is 1.33. The highest BCUT2D eigenvalue weighted by Gasteiger charge is 1.99. The molecule has 0 atom stereocenters. The van der Waals surface area contributed by atoms with Crippen LogP contribution in [0.3, 0.4) is 0 Å². The van der Waals surface area contributed by atoms with Crippen LogP contribution in [0.5, 0.6) is 5.75 Å². The Balaban J connectivity index is 2.26. The summed E-state index contributed by atoms with van der Waals surface area (Å²) in [6.45, 7) is 1.29. The Kier molecular flexibility index (Phi) is 2.54. The van der Waals surface area contributed by atoms with Gasteiger partial charge in [-0.25, -0.2) is 4.79 Å². The summed E-state index contributed by atoms with van der Waals surface area (Å²) in [5.74, 6) is 0.0482. The van der Waals surface area contributed by atoms with Gasteiger partial charge in [-0.1, -0.05) is 30.3 Å². The van der Waals surface area contributed by atoms with Crippen LogP contribution in [0.1, 0.15) is 6.92 Å². The van der Waals surface area contributed by atoms with Gasteiger partial charge in [-0.05, 0) is 22.9 Å². The van der Waals surface area contributed by atoms with E-state index in [1.165, 1.54) is 6.92 Å². The molecule has 0 amide bonds. The summed E-state index contributed by atoms with van der Waals surface area (Å²) < 4.78 is 0. The zero-order chi connectivity index (χ0) is 10.7. The Morgan fingerprint density at radius 1 is 1.07 bits per heavy atom. The molecule has 0 aliphatic heterocycles. The van der Waals surface area contributed by atoms with Gasteiger partial charge in [0.15, 0.2) is 5.75 Å². The van der Waals surface area contributed by atoms with Crippen molar-refractivity contribution >= 4 is 16.7 Å². The first-order chi connectivity index (χ1) is 7.25. The lowest BCUT2D eigenvalue weighted by Gasteiger charge is -2.03. The largest absolute Gasteiger partial charge is 0.352 e. The molecule has 0 saturated heterocycles. The minimum atomic E-state index is -0.469. The average Bonchev–Trinajstić information content (AvgIpc) is 2.26. The lowest BCUT2D eigenvalue weighted by atomic mass is 10.1. The summed E-state index contributed by atoms with van der Waals surface area (Å²) in [5, 5.41) is 2.16. The van der Waals surface area contributed by atoms with Crippen LogP contribution in [-0.4, -0.2) is 5.97 Å². The van der Waals surface area contributed by atoms with Gasteiger partial charge in [-0.3, -0.25) is 9.78 Å². The molecular weight excluding hydrogens is 192 g/mol. The summed E-state index contributed by atoms with van der Waals surface area (Å²) in [5.41, 5.74) is 0. The third-order valence-electron chi connectivity index (χ3n) is 1.98. The fraction of sp³-hybridized carbons (Fsp3) is 0.0833. The van der Waals surface area contributed by atoms with Crippen LogP contribution in [-0.2, 0) is 9.68 Å². The predicted molar refractivity (Wildman–Crippen MR) is 56.3 cm³/mol. The van der Waals surface area contributed by atoms with Crippen LogP contribution >= 0.6 is 0 Å². The van der Waals surface area contributed by atoms with Crippen molar-refractivity contribution in [1.29, 1.82) is 0 Å². The molecule has 0 aromatic heterocycles. The summed E-state index contributed by atoms with van der Waals surface area (Å²) in [6, 6.07) is 13.4. The molecule has 0 radical (unpaired) electrons. The average molecular weight is 202 g/mol. The van der Waals surface area contributed by atoms with Crippen LogP contribution in [0.25, 0.3) is 10.8 Å². The Morgan fingerprint density at radius 3 is 2.53 bits per heavy atom. The third-order valence-corrected chi connectivity index (χ3v) is 1.98. The Morgan fingerprint density at radius 2 is 1.80 bits per heavy atom. The molecule has 0 bridgehead atoms. The van der Waals surface area contributed by atoms with E-state index in [-0.39, 0.29) is 0 Å². The number of benzene rings is 2. The number of hydrogen-bond donors (Lipinski definition) is 0. The molecule has 0 fully saturated rings. The van der Waals surface area contributed by atoms with E-state index in [4.69, 9.17) is 4.89 Å². The van der Waals surface area contributed by atoms with Crippen molar-refractivity contribution in [1.82, 2.24) is 0 Å². The third kappa shape index (κ3) is 2.26. The number of fused-ring (bicyclic) bond motifs is 1. The Hall–Kier alpha value is -2.03. The zero-order valence-electron chi connectivity index (χ0n) is 8.27. The molecule has 0 aliphatic rings. The van der Waals surface area contributed by atoms with Crippen molar-refractivity contribution in [2.24, 2.45) is 0 Å². The molecular formula is C12H10O3. The number of carbonyl (C=O) groups is 1. The normalized spacial score (nSPS) is 9.93. The second-order valence-corrected chi connectivity index (χ2v) is 3.17. The molecule has 0 unspecified atom stereocenters. The second-order valence-electron chi connectivity index (χ2n) is 3.17. The topological polar surface area (TPSA) is 35.5 Å². The molecule has 0 N–H and O–H groups in total. The van der Waals surface area contributed by atoms with Gasteiger partial charge in [-0.2, -0.15) is 0 Å². The first kappa shape index (κ1) is 9.52. The lowest BCUT2D eigenvalue weighted by molar-refractivity contribution is -0.210. The van der Waals surface area contributed by atoms with E-state index in [2.05, 4.69) is 4.89 Å². The molecule has 2 rings (SSSR count). The molecule has 0 aliphatic carbocycles. The predicted octanol–water partition coefficient (Wildman–Crippen LogP) is 2.70. The van der Waals surface area contributed by atoms with Crippen LogP contribution in [0.15, 0.2) is 42.5 Å². The highest BCUT2D eigenvalue weighted by atomic mass is 17.2. The van der Waals surface area contributed by atoms with Gasteiger partial charge in [0.05, 0.1) is 0 Å².